The summed E-state index contributed by atoms with van der Waals surface area (Å²) in [5, 5.41) is 0. The summed E-state index contributed by atoms with van der Waals surface area (Å²) in [4.78, 5) is 0. The van der Waals surface area contributed by atoms with Gasteiger partial charge in [0.2, 0.25) is 0 Å². The minimum Gasteiger partial charge on any atom is -0.731 e. The zero-order valence-corrected chi connectivity index (χ0v) is 27.5. The summed E-state index contributed by atoms with van der Waals surface area (Å²) < 4.78 is 0. The second-order valence-corrected chi connectivity index (χ2v) is 11.6. The van der Waals surface area contributed by atoms with Crippen LogP contribution < -0.4 is 0 Å². The third kappa shape index (κ3) is 16.1. The molecule has 0 heterocycles. The lowest BCUT2D eigenvalue weighted by Crippen LogP contribution is -1.73. The first-order valence-corrected chi connectivity index (χ1v) is 14.9. The van der Waals surface area contributed by atoms with Crippen LogP contribution in [0.1, 0.15) is 83.3 Å². The van der Waals surface area contributed by atoms with Gasteiger partial charge < -0.3 is 41.7 Å². The molecule has 2 rings (SSSR count). The summed E-state index contributed by atoms with van der Waals surface area (Å²) in [7, 11) is 8.58. The number of hydrogen-bond acceptors (Lipinski definition) is 0. The van der Waals surface area contributed by atoms with E-state index in [2.05, 4.69) is 131 Å². The van der Waals surface area contributed by atoms with E-state index in [1.165, 1.54) is 55.6 Å². The molecule has 0 saturated carbocycles. The maximum Gasteiger partial charge on any atom is 1.26 e. The molecule has 4 radical (unpaired) electrons. The van der Waals surface area contributed by atoms with Gasteiger partial charge in [0.25, 0.3) is 0 Å². The molecule has 0 aliphatic rings. The van der Waals surface area contributed by atoms with Crippen LogP contribution in [-0.4, -0.2) is 30.7 Å². The van der Waals surface area contributed by atoms with E-state index in [0.29, 0.717) is 11.8 Å². The summed E-state index contributed by atoms with van der Waals surface area (Å²) in [5.74, 6) is 1.17. The molecule has 0 bridgehead atoms. The minimum absolute atomic E-state index is 0. The topological polar surface area (TPSA) is 0 Å². The van der Waals surface area contributed by atoms with E-state index >= 15 is 0 Å². The van der Waals surface area contributed by atoms with Gasteiger partial charge in [-0.1, -0.05) is 62.3 Å². The zero-order chi connectivity index (χ0) is 25.6. The van der Waals surface area contributed by atoms with Crippen LogP contribution in [0.3, 0.4) is 0 Å². The van der Waals surface area contributed by atoms with Crippen LogP contribution in [0.4, 0.5) is 0 Å². The molecule has 4 heteroatoms. The van der Waals surface area contributed by atoms with Gasteiger partial charge in [-0.2, -0.15) is 39.7 Å². The van der Waals surface area contributed by atoms with Crippen molar-refractivity contribution in [2.24, 2.45) is 11.8 Å². The van der Waals surface area contributed by atoms with Gasteiger partial charge in [0.1, 0.15) is 0 Å². The van der Waals surface area contributed by atoms with Crippen molar-refractivity contribution in [2.45, 2.75) is 96.9 Å². The van der Waals surface area contributed by atoms with Crippen LogP contribution in [0.15, 0.2) is 0 Å². The van der Waals surface area contributed by atoms with Gasteiger partial charge in [0.15, 0.2) is 0 Å². The SMILES string of the molecule is C[c-]1[c-](C)[c-](C)[c-](C)[c-]1C.Cc1c(C)c(C)[c-](C)c1C.[Al].[CH2-]C(C)C.[CH2-]C(C)C.[ClH+][Al][ClH+]. The van der Waals surface area contributed by atoms with Crippen molar-refractivity contribution in [2.75, 3.05) is 0 Å². The summed E-state index contributed by atoms with van der Waals surface area (Å²) in [6.45, 7) is 37.5. The fraction of sp³-hybridized carbons (Fsp3) is 0.571. The highest BCUT2D eigenvalue weighted by atomic mass is 35.7. The standard InChI is InChI=1S/2C10H15.2C4H9.2Al.2ClH/c2*1-6-7(2)9(4)10(5)8(6)3;2*1-4(2)3;;;;/h2*1-5H3;2*4H,1H2,2-3H3;;;2*1H/q-5;3*-1;;+2;;. The van der Waals surface area contributed by atoms with Gasteiger partial charge in [-0.3, -0.25) is 0 Å². The summed E-state index contributed by atoms with van der Waals surface area (Å²) in [5.41, 5.74) is 14.7. The van der Waals surface area contributed by atoms with Crippen LogP contribution in [0, 0.1) is 115 Å². The normalized spacial score (nSPS) is 9.25. The Labute approximate surface area is 227 Å². The Bertz CT molecular complexity index is 507. The first-order chi connectivity index (χ1) is 14.0. The third-order valence-electron chi connectivity index (χ3n) is 5.62. The van der Waals surface area contributed by atoms with Crippen LogP contribution in [0.5, 0.6) is 0 Å². The van der Waals surface area contributed by atoms with Crippen LogP contribution in [0.2, 0.25) is 0 Å². The Morgan fingerprint density at radius 1 is 0.594 bits per heavy atom. The summed E-state index contributed by atoms with van der Waals surface area (Å²) >= 11 is -0.0833. The van der Waals surface area contributed by atoms with Gasteiger partial charge in [-0.05, 0) is 20.1 Å². The predicted molar refractivity (Wildman–Crippen MR) is 146 cm³/mol. The third-order valence-corrected chi connectivity index (χ3v) is 5.62. The molecule has 0 spiro atoms. The molecule has 0 aliphatic carbocycles. The lowest BCUT2D eigenvalue weighted by molar-refractivity contribution is -0.328. The van der Waals surface area contributed by atoms with E-state index in [1.54, 1.807) is 0 Å². The molecule has 0 N–H and O–H groups in total. The number of rotatable bonds is 0. The molecule has 0 atom stereocenters. The monoisotopic (exact) mass is 510 g/mol. The first-order valence-electron chi connectivity index (χ1n) is 11.1. The van der Waals surface area contributed by atoms with Gasteiger partial charge in [-0.15, -0.1) is 0 Å². The molecule has 0 amide bonds. The Hall–Kier alpha value is 0.345. The highest BCUT2D eigenvalue weighted by Gasteiger charge is 2.17. The van der Waals surface area contributed by atoms with E-state index in [4.69, 9.17) is 0 Å². The molecule has 0 unspecified atom stereocenters. The second-order valence-electron chi connectivity index (χ2n) is 9.13. The van der Waals surface area contributed by atoms with Gasteiger partial charge in [-0.25, -0.2) is 34.6 Å². The molecule has 0 aliphatic heterocycles. The smallest absolute Gasteiger partial charge is 0.731 e. The Balaban J connectivity index is -0.000000167. The van der Waals surface area contributed by atoms with Crippen LogP contribution in [-0.2, 0) is 0 Å². The molecular formula is C28H50Al2Cl2-6. The van der Waals surface area contributed by atoms with Gasteiger partial charge in [0.05, 0.1) is 0 Å². The largest absolute Gasteiger partial charge is 1.26 e. The molecule has 0 saturated heterocycles. The fourth-order valence-corrected chi connectivity index (χ4v) is 2.81. The van der Waals surface area contributed by atoms with E-state index in [-0.39, 0.29) is 30.7 Å². The number of halogens is 2. The quantitative estimate of drug-likeness (QED) is 0.253. The molecule has 188 valence electrons. The molecular weight excluding hydrogens is 461 g/mol. The Morgan fingerprint density at radius 3 is 0.781 bits per heavy atom. The zero-order valence-electron chi connectivity index (χ0n) is 23.5. The lowest BCUT2D eigenvalue weighted by atomic mass is 10.2. The maximum atomic E-state index is 4.29. The minimum atomic E-state index is -0.0833. The molecule has 2 aromatic carbocycles. The van der Waals surface area contributed by atoms with Crippen molar-refractivity contribution in [1.29, 1.82) is 0 Å². The summed E-state index contributed by atoms with van der Waals surface area (Å²) in [6.07, 6.45) is 0. The fourth-order valence-electron chi connectivity index (χ4n) is 2.81. The Kier molecular flexibility index (Phi) is 25.6. The van der Waals surface area contributed by atoms with Crippen molar-refractivity contribution >= 4 is 30.7 Å². The molecule has 0 aromatic heterocycles. The van der Waals surface area contributed by atoms with E-state index in [9.17, 15) is 0 Å². The maximum absolute atomic E-state index is 4.29. The second kappa shape index (κ2) is 20.7. The highest BCUT2D eigenvalue weighted by Crippen LogP contribution is 2.25. The lowest BCUT2D eigenvalue weighted by Gasteiger charge is -2.49. The van der Waals surface area contributed by atoms with Crippen molar-refractivity contribution in [3.05, 3.63) is 69.5 Å². The van der Waals surface area contributed by atoms with E-state index < -0.39 is 0 Å². The van der Waals surface area contributed by atoms with Gasteiger partial charge in [0, 0.05) is 17.4 Å². The van der Waals surface area contributed by atoms with E-state index in [0.717, 1.165) is 0 Å². The molecule has 0 nitrogen and oxygen atoms in total. The van der Waals surface area contributed by atoms with E-state index in [1.807, 2.05) is 0 Å². The van der Waals surface area contributed by atoms with Crippen LogP contribution in [0.25, 0.3) is 0 Å². The van der Waals surface area contributed by atoms with Crippen molar-refractivity contribution in [1.82, 2.24) is 0 Å². The van der Waals surface area contributed by atoms with Crippen molar-refractivity contribution < 1.29 is 20.1 Å². The summed E-state index contributed by atoms with van der Waals surface area (Å²) in [6, 6.07) is 0. The Morgan fingerprint density at radius 2 is 0.719 bits per heavy atom. The van der Waals surface area contributed by atoms with Crippen molar-refractivity contribution in [3.8, 4) is 0 Å². The first kappa shape index (κ1) is 39.6. The highest BCUT2D eigenvalue weighted by molar-refractivity contribution is 6.08. The predicted octanol–water partition coefficient (Wildman–Crippen LogP) is 7.55. The van der Waals surface area contributed by atoms with Crippen molar-refractivity contribution in [3.63, 3.8) is 0 Å². The number of hydrogen-bond donors (Lipinski definition) is 0. The molecule has 32 heavy (non-hydrogen) atoms. The average Bonchev–Trinajstić information content (AvgIpc) is 2.92. The van der Waals surface area contributed by atoms with Gasteiger partial charge >= 0.3 is 13.4 Å². The molecule has 0 fully saturated rings. The van der Waals surface area contributed by atoms with Crippen LogP contribution >= 0.6 is 0 Å². The molecule has 2 aromatic rings. The average molecular weight is 512 g/mol.